The van der Waals surface area contributed by atoms with Crippen molar-refractivity contribution in [2.45, 2.75) is 0 Å². The Morgan fingerprint density at radius 2 is 1.62 bits per heavy atom. The van der Waals surface area contributed by atoms with Crippen molar-refractivity contribution in [3.05, 3.63) is 70.5 Å². The van der Waals surface area contributed by atoms with Crippen LogP contribution in [0.25, 0.3) is 21.9 Å². The van der Waals surface area contributed by atoms with Crippen molar-refractivity contribution in [1.29, 1.82) is 0 Å². The van der Waals surface area contributed by atoms with Crippen molar-refractivity contribution in [1.82, 2.24) is 0 Å². The van der Waals surface area contributed by atoms with Crippen molar-refractivity contribution in [3.63, 3.8) is 0 Å². The van der Waals surface area contributed by atoms with E-state index in [9.17, 15) is 19.1 Å². The number of benzene rings is 2. The number of aromatic carboxylic acids is 1. The molecule has 1 heterocycles. The fourth-order valence-corrected chi connectivity index (χ4v) is 2.25. The Hall–Kier alpha value is -2.95. The third-order valence-corrected chi connectivity index (χ3v) is 3.17. The molecule has 21 heavy (non-hydrogen) atoms. The van der Waals surface area contributed by atoms with Gasteiger partial charge in [0, 0.05) is 10.9 Å². The first-order valence-corrected chi connectivity index (χ1v) is 6.13. The van der Waals surface area contributed by atoms with Crippen LogP contribution >= 0.6 is 0 Å². The lowest BCUT2D eigenvalue weighted by molar-refractivity contribution is 0.0659. The summed E-state index contributed by atoms with van der Waals surface area (Å²) in [5, 5.41) is 9.99. The molecule has 0 saturated heterocycles. The Labute approximate surface area is 118 Å². The summed E-state index contributed by atoms with van der Waals surface area (Å²) in [6.45, 7) is 0. The summed E-state index contributed by atoms with van der Waals surface area (Å²) < 4.78 is 18.0. The number of hydrogen-bond acceptors (Lipinski definition) is 3. The second-order valence-corrected chi connectivity index (χ2v) is 4.45. The Balaban J connectivity index is 2.46. The molecule has 3 rings (SSSR count). The molecule has 1 N–H and O–H groups in total. The molecule has 0 aliphatic heterocycles. The SMILES string of the molecule is O=C(O)c1oc(=O)c2ccccc2c1-c1ccc(F)cc1. The van der Waals surface area contributed by atoms with Gasteiger partial charge in [-0.15, -0.1) is 0 Å². The van der Waals surface area contributed by atoms with Crippen molar-refractivity contribution in [3.8, 4) is 11.1 Å². The Morgan fingerprint density at radius 3 is 2.24 bits per heavy atom. The molecule has 0 unspecified atom stereocenters. The van der Waals surface area contributed by atoms with E-state index in [1.54, 1.807) is 24.3 Å². The standard InChI is InChI=1S/C16H9FO4/c17-10-7-5-9(6-8-10)13-11-3-1-2-4-12(11)16(20)21-14(13)15(18)19/h1-8H,(H,18,19). The lowest BCUT2D eigenvalue weighted by Crippen LogP contribution is -2.09. The average molecular weight is 284 g/mol. The van der Waals surface area contributed by atoms with Gasteiger partial charge in [0.05, 0.1) is 5.39 Å². The summed E-state index contributed by atoms with van der Waals surface area (Å²) in [5.41, 5.74) is 0.0142. The second kappa shape index (κ2) is 4.86. The van der Waals surface area contributed by atoms with Gasteiger partial charge >= 0.3 is 11.6 Å². The molecule has 5 heteroatoms. The number of hydrogen-bond donors (Lipinski definition) is 1. The first-order valence-electron chi connectivity index (χ1n) is 6.13. The number of carbonyl (C=O) groups is 1. The monoisotopic (exact) mass is 284 g/mol. The van der Waals surface area contributed by atoms with Crippen LogP contribution in [-0.4, -0.2) is 11.1 Å². The van der Waals surface area contributed by atoms with Crippen LogP contribution in [0.5, 0.6) is 0 Å². The molecule has 1 aromatic heterocycles. The normalized spacial score (nSPS) is 10.7. The highest BCUT2D eigenvalue weighted by Gasteiger charge is 2.20. The van der Waals surface area contributed by atoms with Crippen molar-refractivity contribution < 1.29 is 18.7 Å². The minimum absolute atomic E-state index is 0.262. The zero-order chi connectivity index (χ0) is 15.0. The molecule has 0 bridgehead atoms. The Kier molecular flexibility index (Phi) is 3.02. The highest BCUT2D eigenvalue weighted by Crippen LogP contribution is 2.30. The van der Waals surface area contributed by atoms with E-state index in [1.165, 1.54) is 24.3 Å². The van der Waals surface area contributed by atoms with E-state index in [1.807, 2.05) is 0 Å². The quantitative estimate of drug-likeness (QED) is 0.784. The van der Waals surface area contributed by atoms with Gasteiger partial charge < -0.3 is 9.52 Å². The van der Waals surface area contributed by atoms with Gasteiger partial charge in [-0.1, -0.05) is 30.3 Å². The molecule has 0 fully saturated rings. The fourth-order valence-electron chi connectivity index (χ4n) is 2.25. The Morgan fingerprint density at radius 1 is 1.00 bits per heavy atom. The van der Waals surface area contributed by atoms with Crippen LogP contribution in [0, 0.1) is 5.82 Å². The summed E-state index contributed by atoms with van der Waals surface area (Å²) in [7, 11) is 0. The first kappa shape index (κ1) is 13.1. The minimum atomic E-state index is -1.35. The average Bonchev–Trinajstić information content (AvgIpc) is 2.48. The summed E-state index contributed by atoms with van der Waals surface area (Å²) in [6.07, 6.45) is 0. The van der Waals surface area contributed by atoms with E-state index in [0.29, 0.717) is 10.9 Å². The molecule has 0 aliphatic rings. The molecule has 104 valence electrons. The van der Waals surface area contributed by atoms with Crippen LogP contribution in [0.3, 0.4) is 0 Å². The zero-order valence-electron chi connectivity index (χ0n) is 10.7. The number of carboxylic acids is 1. The zero-order valence-corrected chi connectivity index (χ0v) is 10.7. The maximum absolute atomic E-state index is 13.0. The van der Waals surface area contributed by atoms with Crippen molar-refractivity contribution >= 4 is 16.7 Å². The molecule has 0 atom stereocenters. The van der Waals surface area contributed by atoms with Crippen molar-refractivity contribution in [2.24, 2.45) is 0 Å². The van der Waals surface area contributed by atoms with Gasteiger partial charge in [0.25, 0.3) is 0 Å². The lowest BCUT2D eigenvalue weighted by Gasteiger charge is -2.09. The van der Waals surface area contributed by atoms with E-state index in [4.69, 9.17) is 4.42 Å². The number of halogens is 1. The molecular formula is C16H9FO4. The van der Waals surface area contributed by atoms with E-state index in [-0.39, 0.29) is 10.9 Å². The highest BCUT2D eigenvalue weighted by atomic mass is 19.1. The van der Waals surface area contributed by atoms with E-state index < -0.39 is 23.2 Å². The number of carboxylic acid groups (broad SMARTS) is 1. The van der Waals surface area contributed by atoms with Crippen LogP contribution in [0.4, 0.5) is 4.39 Å². The van der Waals surface area contributed by atoms with Crippen LogP contribution in [0.2, 0.25) is 0 Å². The van der Waals surface area contributed by atoms with Gasteiger partial charge in [0.2, 0.25) is 5.76 Å². The smallest absolute Gasteiger partial charge is 0.372 e. The topological polar surface area (TPSA) is 67.5 Å². The van der Waals surface area contributed by atoms with Crippen molar-refractivity contribution in [2.75, 3.05) is 0 Å². The van der Waals surface area contributed by atoms with Gasteiger partial charge in [0.15, 0.2) is 0 Å². The summed E-state index contributed by atoms with van der Waals surface area (Å²) in [5.74, 6) is -2.24. The third kappa shape index (κ3) is 2.18. The van der Waals surface area contributed by atoms with E-state index in [2.05, 4.69) is 0 Å². The largest absolute Gasteiger partial charge is 0.475 e. The minimum Gasteiger partial charge on any atom is -0.475 e. The van der Waals surface area contributed by atoms with Crippen LogP contribution < -0.4 is 5.63 Å². The molecule has 0 amide bonds. The Bertz CT molecular complexity index is 894. The predicted molar refractivity (Wildman–Crippen MR) is 74.8 cm³/mol. The molecular weight excluding hydrogens is 275 g/mol. The molecule has 3 aromatic rings. The van der Waals surface area contributed by atoms with E-state index in [0.717, 1.165) is 0 Å². The van der Waals surface area contributed by atoms with Gasteiger partial charge in [0.1, 0.15) is 5.82 Å². The third-order valence-electron chi connectivity index (χ3n) is 3.17. The van der Waals surface area contributed by atoms with Gasteiger partial charge in [-0.3, -0.25) is 0 Å². The van der Waals surface area contributed by atoms with Gasteiger partial charge in [-0.25, -0.2) is 14.0 Å². The molecule has 4 nitrogen and oxygen atoms in total. The predicted octanol–water partition coefficient (Wildman–Crippen LogP) is 3.30. The van der Waals surface area contributed by atoms with Crippen LogP contribution in [0.1, 0.15) is 10.6 Å². The number of fused-ring (bicyclic) bond motifs is 1. The van der Waals surface area contributed by atoms with Crippen LogP contribution in [-0.2, 0) is 0 Å². The van der Waals surface area contributed by atoms with Crippen LogP contribution in [0.15, 0.2) is 57.7 Å². The second-order valence-electron chi connectivity index (χ2n) is 4.45. The summed E-state index contributed by atoms with van der Waals surface area (Å²) in [4.78, 5) is 23.2. The van der Waals surface area contributed by atoms with Gasteiger partial charge in [-0.05, 0) is 23.8 Å². The molecule has 0 aliphatic carbocycles. The molecule has 2 aromatic carbocycles. The number of rotatable bonds is 2. The highest BCUT2D eigenvalue weighted by molar-refractivity contribution is 6.04. The molecule has 0 radical (unpaired) electrons. The molecule has 0 saturated carbocycles. The summed E-state index contributed by atoms with van der Waals surface area (Å²) in [6, 6.07) is 11.9. The molecule has 0 spiro atoms. The fraction of sp³-hybridized carbons (Fsp3) is 0. The van der Waals surface area contributed by atoms with Gasteiger partial charge in [-0.2, -0.15) is 0 Å². The summed E-state index contributed by atoms with van der Waals surface area (Å²) >= 11 is 0. The lowest BCUT2D eigenvalue weighted by atomic mass is 9.98. The first-order chi connectivity index (χ1) is 10.1. The van der Waals surface area contributed by atoms with E-state index >= 15 is 0 Å². The maximum atomic E-state index is 13.0. The maximum Gasteiger partial charge on any atom is 0.372 e.